The van der Waals surface area contributed by atoms with E-state index in [0.717, 1.165) is 9.69 Å². The number of furan rings is 1. The van der Waals surface area contributed by atoms with Gasteiger partial charge in [-0.15, -0.1) is 0 Å². The number of carbonyl (C=O) groups excluding carboxylic acids is 1. The minimum absolute atomic E-state index is 0.0348. The van der Waals surface area contributed by atoms with Crippen LogP contribution in [0.25, 0.3) is 11.0 Å². The summed E-state index contributed by atoms with van der Waals surface area (Å²) in [6.45, 7) is 0. The van der Waals surface area contributed by atoms with Crippen molar-refractivity contribution in [2.75, 3.05) is 26.5 Å². The van der Waals surface area contributed by atoms with Gasteiger partial charge in [-0.25, -0.2) is 12.7 Å². The molecule has 26 heavy (non-hydrogen) atoms. The molecule has 0 spiro atoms. The van der Waals surface area contributed by atoms with E-state index in [1.54, 1.807) is 18.2 Å². The number of nitrogens with one attached hydrogen (secondary N) is 1. The van der Waals surface area contributed by atoms with E-state index >= 15 is 0 Å². The number of hydrogen-bond donors (Lipinski definition) is 1. The van der Waals surface area contributed by atoms with Gasteiger partial charge < -0.3 is 14.5 Å². The summed E-state index contributed by atoms with van der Waals surface area (Å²) < 4.78 is 36.6. The summed E-state index contributed by atoms with van der Waals surface area (Å²) in [4.78, 5) is 12.4. The molecule has 0 saturated carbocycles. The number of benzene rings is 2. The molecule has 0 aliphatic carbocycles. The molecule has 0 aliphatic rings. The third-order valence-corrected chi connectivity index (χ3v) is 5.67. The monoisotopic (exact) mass is 374 g/mol. The Bertz CT molecular complexity index is 1040. The van der Waals surface area contributed by atoms with Crippen molar-refractivity contribution in [1.82, 2.24) is 4.31 Å². The number of sulfonamides is 1. The Balaban J connectivity index is 1.93. The summed E-state index contributed by atoms with van der Waals surface area (Å²) in [6.07, 6.45) is 0. The number of para-hydroxylation sites is 1. The van der Waals surface area contributed by atoms with Gasteiger partial charge in [0.25, 0.3) is 5.91 Å². The molecule has 1 N–H and O–H groups in total. The Morgan fingerprint density at radius 3 is 2.50 bits per heavy atom. The molecule has 1 amide bonds. The summed E-state index contributed by atoms with van der Waals surface area (Å²) >= 11 is 0. The highest BCUT2D eigenvalue weighted by molar-refractivity contribution is 7.89. The molecule has 0 saturated heterocycles. The highest BCUT2D eigenvalue weighted by Crippen LogP contribution is 2.29. The van der Waals surface area contributed by atoms with Gasteiger partial charge in [-0.1, -0.05) is 18.2 Å². The maximum absolute atomic E-state index is 12.5. The molecule has 0 atom stereocenters. The van der Waals surface area contributed by atoms with E-state index in [1.807, 2.05) is 18.2 Å². The van der Waals surface area contributed by atoms with Crippen molar-refractivity contribution in [3.63, 3.8) is 0 Å². The molecule has 3 rings (SSSR count). The third kappa shape index (κ3) is 3.29. The average Bonchev–Trinajstić information content (AvgIpc) is 3.06. The van der Waals surface area contributed by atoms with Gasteiger partial charge >= 0.3 is 0 Å². The zero-order valence-corrected chi connectivity index (χ0v) is 15.3. The maximum atomic E-state index is 12.5. The quantitative estimate of drug-likeness (QED) is 0.742. The van der Waals surface area contributed by atoms with Crippen LogP contribution in [0.4, 0.5) is 5.69 Å². The van der Waals surface area contributed by atoms with Gasteiger partial charge in [0.1, 0.15) is 16.2 Å². The first-order valence-corrected chi connectivity index (χ1v) is 9.17. The predicted octanol–water partition coefficient (Wildman–Crippen LogP) is 2.94. The number of hydrogen-bond acceptors (Lipinski definition) is 5. The smallest absolute Gasteiger partial charge is 0.291 e. The molecule has 0 unspecified atom stereocenters. The van der Waals surface area contributed by atoms with Crippen LogP contribution in [0.1, 0.15) is 10.6 Å². The highest BCUT2D eigenvalue weighted by atomic mass is 32.2. The van der Waals surface area contributed by atoms with E-state index in [4.69, 9.17) is 9.15 Å². The van der Waals surface area contributed by atoms with E-state index in [9.17, 15) is 13.2 Å². The van der Waals surface area contributed by atoms with Crippen molar-refractivity contribution in [1.29, 1.82) is 0 Å². The van der Waals surface area contributed by atoms with Crippen LogP contribution in [0.5, 0.6) is 5.75 Å². The first-order chi connectivity index (χ1) is 12.3. The SMILES string of the molecule is COc1ccc(NC(=O)c2cc3ccccc3o2)cc1S(=O)(=O)N(C)C. The molecule has 2 aromatic carbocycles. The Kier molecular flexibility index (Phi) is 4.71. The van der Waals surface area contributed by atoms with Gasteiger partial charge in [0.15, 0.2) is 5.76 Å². The molecule has 8 heteroatoms. The van der Waals surface area contributed by atoms with Gasteiger partial charge in [-0.05, 0) is 30.3 Å². The Morgan fingerprint density at radius 1 is 1.12 bits per heavy atom. The Morgan fingerprint density at radius 2 is 1.85 bits per heavy atom. The molecule has 0 bridgehead atoms. The summed E-state index contributed by atoms with van der Waals surface area (Å²) in [6, 6.07) is 13.3. The van der Waals surface area contributed by atoms with Crippen molar-refractivity contribution in [2.45, 2.75) is 4.90 Å². The number of fused-ring (bicyclic) bond motifs is 1. The molecule has 1 heterocycles. The van der Waals surface area contributed by atoms with Crippen molar-refractivity contribution in [3.8, 4) is 5.75 Å². The van der Waals surface area contributed by atoms with Crippen LogP contribution in [0.3, 0.4) is 0 Å². The molecule has 0 fully saturated rings. The zero-order chi connectivity index (χ0) is 18.9. The van der Waals surface area contributed by atoms with Crippen molar-refractivity contribution >= 4 is 32.6 Å². The number of ether oxygens (including phenoxy) is 1. The molecule has 7 nitrogen and oxygen atoms in total. The second-order valence-corrected chi connectivity index (χ2v) is 7.88. The van der Waals surface area contributed by atoms with Gasteiger partial charge in [0.2, 0.25) is 10.0 Å². The molecule has 1 aromatic heterocycles. The fourth-order valence-electron chi connectivity index (χ4n) is 2.44. The molecular weight excluding hydrogens is 356 g/mol. The third-order valence-electron chi connectivity index (χ3n) is 3.83. The molecule has 3 aromatic rings. The normalized spacial score (nSPS) is 11.7. The van der Waals surface area contributed by atoms with Crippen LogP contribution in [-0.2, 0) is 10.0 Å². The minimum Gasteiger partial charge on any atom is -0.495 e. The second-order valence-electron chi connectivity index (χ2n) is 5.76. The first kappa shape index (κ1) is 18.0. The zero-order valence-electron chi connectivity index (χ0n) is 14.5. The number of methoxy groups -OCH3 is 1. The van der Waals surface area contributed by atoms with Gasteiger partial charge in [-0.3, -0.25) is 4.79 Å². The van der Waals surface area contributed by atoms with Crippen LogP contribution in [0, 0.1) is 0 Å². The second kappa shape index (κ2) is 6.81. The van der Waals surface area contributed by atoms with Crippen LogP contribution < -0.4 is 10.1 Å². The fraction of sp³-hybridized carbons (Fsp3) is 0.167. The Labute approximate surface area is 151 Å². The predicted molar refractivity (Wildman–Crippen MR) is 98.0 cm³/mol. The van der Waals surface area contributed by atoms with Crippen LogP contribution >= 0.6 is 0 Å². The van der Waals surface area contributed by atoms with E-state index in [-0.39, 0.29) is 16.4 Å². The lowest BCUT2D eigenvalue weighted by Gasteiger charge is -2.15. The lowest BCUT2D eigenvalue weighted by Crippen LogP contribution is -2.23. The first-order valence-electron chi connectivity index (χ1n) is 7.73. The van der Waals surface area contributed by atoms with Crippen molar-refractivity contribution in [3.05, 3.63) is 54.3 Å². The van der Waals surface area contributed by atoms with Gasteiger partial charge in [0.05, 0.1) is 7.11 Å². The van der Waals surface area contributed by atoms with Crippen molar-refractivity contribution in [2.24, 2.45) is 0 Å². The fourth-order valence-corrected chi connectivity index (χ4v) is 3.51. The van der Waals surface area contributed by atoms with Crippen LogP contribution in [0.15, 0.2) is 57.8 Å². The standard InChI is InChI=1S/C18H18N2O5S/c1-20(2)26(22,23)17-11-13(8-9-15(17)24-3)19-18(21)16-10-12-6-4-5-7-14(12)25-16/h4-11H,1-3H3,(H,19,21). The Hall–Kier alpha value is -2.84. The lowest BCUT2D eigenvalue weighted by atomic mass is 10.2. The van der Waals surface area contributed by atoms with Crippen LogP contribution in [-0.4, -0.2) is 39.8 Å². The maximum Gasteiger partial charge on any atom is 0.291 e. The number of nitrogens with zero attached hydrogens (tertiary/aromatic N) is 1. The van der Waals surface area contributed by atoms with E-state index in [1.165, 1.54) is 33.3 Å². The minimum atomic E-state index is -3.73. The van der Waals surface area contributed by atoms with E-state index < -0.39 is 15.9 Å². The largest absolute Gasteiger partial charge is 0.495 e. The van der Waals surface area contributed by atoms with Crippen LogP contribution in [0.2, 0.25) is 0 Å². The van der Waals surface area contributed by atoms with E-state index in [0.29, 0.717) is 11.3 Å². The molecular formula is C18H18N2O5S. The average molecular weight is 374 g/mol. The van der Waals surface area contributed by atoms with E-state index in [2.05, 4.69) is 5.32 Å². The summed E-state index contributed by atoms with van der Waals surface area (Å²) in [5.41, 5.74) is 0.917. The van der Waals surface area contributed by atoms with Gasteiger partial charge in [0, 0.05) is 25.2 Å². The number of rotatable bonds is 5. The number of carbonyl (C=O) groups is 1. The van der Waals surface area contributed by atoms with Crippen molar-refractivity contribution < 1.29 is 22.4 Å². The molecule has 0 aliphatic heterocycles. The number of anilines is 1. The van der Waals surface area contributed by atoms with Gasteiger partial charge in [-0.2, -0.15) is 0 Å². The highest BCUT2D eigenvalue weighted by Gasteiger charge is 2.23. The molecule has 0 radical (unpaired) electrons. The molecule has 136 valence electrons. The number of amides is 1. The summed E-state index contributed by atoms with van der Waals surface area (Å²) in [5.74, 6) is -0.140. The lowest BCUT2D eigenvalue weighted by molar-refractivity contribution is 0.0998. The summed E-state index contributed by atoms with van der Waals surface area (Å²) in [5, 5.41) is 3.46. The summed E-state index contributed by atoms with van der Waals surface area (Å²) in [7, 11) is 0.506. The topological polar surface area (TPSA) is 88.8 Å².